The fourth-order valence-electron chi connectivity index (χ4n) is 2.86. The van der Waals surface area contributed by atoms with Crippen LogP contribution in [0.15, 0.2) is 61.2 Å². The first-order chi connectivity index (χ1) is 11.9. The molecule has 0 unspecified atom stereocenters. The van der Waals surface area contributed by atoms with Gasteiger partial charge in [-0.2, -0.15) is 0 Å². The molecule has 6 nitrogen and oxygen atoms in total. The van der Waals surface area contributed by atoms with E-state index in [0.29, 0.717) is 0 Å². The summed E-state index contributed by atoms with van der Waals surface area (Å²) in [5.74, 6) is 1.81. The SMILES string of the molecule is c1ccc(N2CCN(c3nccc(-c4ccncc4)n3)CC2)nc1. The van der Waals surface area contributed by atoms with E-state index in [2.05, 4.69) is 30.8 Å². The Kier molecular flexibility index (Phi) is 4.02. The highest BCUT2D eigenvalue weighted by molar-refractivity contribution is 5.59. The van der Waals surface area contributed by atoms with Crippen molar-refractivity contribution in [1.82, 2.24) is 19.9 Å². The van der Waals surface area contributed by atoms with E-state index in [1.54, 1.807) is 12.4 Å². The number of pyridine rings is 2. The molecule has 0 N–H and O–H groups in total. The van der Waals surface area contributed by atoms with Crippen molar-refractivity contribution < 1.29 is 0 Å². The van der Waals surface area contributed by atoms with Crippen LogP contribution in [0.3, 0.4) is 0 Å². The molecule has 0 spiro atoms. The second-order valence-electron chi connectivity index (χ2n) is 5.64. The van der Waals surface area contributed by atoms with Crippen molar-refractivity contribution in [2.45, 2.75) is 0 Å². The molecule has 0 atom stereocenters. The summed E-state index contributed by atoms with van der Waals surface area (Å²) < 4.78 is 0. The lowest BCUT2D eigenvalue weighted by atomic mass is 10.2. The number of hydrogen-bond acceptors (Lipinski definition) is 6. The van der Waals surface area contributed by atoms with Crippen LogP contribution in [0.5, 0.6) is 0 Å². The fourth-order valence-corrected chi connectivity index (χ4v) is 2.86. The zero-order chi connectivity index (χ0) is 16.2. The molecular weight excluding hydrogens is 300 g/mol. The van der Waals surface area contributed by atoms with E-state index in [1.807, 2.05) is 42.7 Å². The van der Waals surface area contributed by atoms with Gasteiger partial charge in [-0.1, -0.05) is 6.07 Å². The van der Waals surface area contributed by atoms with Crippen molar-refractivity contribution in [3.05, 3.63) is 61.2 Å². The molecule has 0 amide bonds. The number of anilines is 2. The van der Waals surface area contributed by atoms with Crippen LogP contribution < -0.4 is 9.80 Å². The Balaban J connectivity index is 1.48. The lowest BCUT2D eigenvalue weighted by Crippen LogP contribution is -2.47. The fraction of sp³-hybridized carbons (Fsp3) is 0.222. The third kappa shape index (κ3) is 3.03. The summed E-state index contributed by atoms with van der Waals surface area (Å²) in [6.07, 6.45) is 7.22. The van der Waals surface area contributed by atoms with Crippen LogP contribution in [0.25, 0.3) is 11.3 Å². The van der Waals surface area contributed by atoms with Crippen molar-refractivity contribution in [3.63, 3.8) is 0 Å². The molecule has 0 saturated carbocycles. The third-order valence-electron chi connectivity index (χ3n) is 4.15. The zero-order valence-corrected chi connectivity index (χ0v) is 13.3. The van der Waals surface area contributed by atoms with Crippen molar-refractivity contribution in [2.24, 2.45) is 0 Å². The van der Waals surface area contributed by atoms with Crippen LogP contribution in [0.1, 0.15) is 0 Å². The minimum absolute atomic E-state index is 0.782. The average molecular weight is 318 g/mol. The molecule has 0 bridgehead atoms. The lowest BCUT2D eigenvalue weighted by molar-refractivity contribution is 0.635. The monoisotopic (exact) mass is 318 g/mol. The number of nitrogens with zero attached hydrogens (tertiary/aromatic N) is 6. The first-order valence-corrected chi connectivity index (χ1v) is 8.04. The van der Waals surface area contributed by atoms with Crippen molar-refractivity contribution >= 4 is 11.8 Å². The van der Waals surface area contributed by atoms with Gasteiger partial charge in [-0.25, -0.2) is 15.0 Å². The summed E-state index contributed by atoms with van der Waals surface area (Å²) in [4.78, 5) is 22.2. The lowest BCUT2D eigenvalue weighted by Gasteiger charge is -2.35. The predicted molar refractivity (Wildman–Crippen MR) is 93.9 cm³/mol. The standard InChI is InChI=1S/C18H18N6/c1-2-7-20-17(3-1)23-11-13-24(14-12-23)18-21-10-6-16(22-18)15-4-8-19-9-5-15/h1-10H,11-14H2. The van der Waals surface area contributed by atoms with Gasteiger partial charge in [-0.05, 0) is 30.3 Å². The van der Waals surface area contributed by atoms with Gasteiger partial charge < -0.3 is 9.80 Å². The summed E-state index contributed by atoms with van der Waals surface area (Å²) >= 11 is 0. The highest BCUT2D eigenvalue weighted by Crippen LogP contribution is 2.20. The van der Waals surface area contributed by atoms with Gasteiger partial charge in [0, 0.05) is 56.5 Å². The first-order valence-electron chi connectivity index (χ1n) is 8.04. The second kappa shape index (κ2) is 6.62. The van der Waals surface area contributed by atoms with Crippen LogP contribution in [-0.4, -0.2) is 46.1 Å². The third-order valence-corrected chi connectivity index (χ3v) is 4.15. The highest BCUT2D eigenvalue weighted by Gasteiger charge is 2.20. The summed E-state index contributed by atoms with van der Waals surface area (Å²) in [5.41, 5.74) is 1.98. The second-order valence-corrected chi connectivity index (χ2v) is 5.64. The first kappa shape index (κ1) is 14.6. The van der Waals surface area contributed by atoms with Gasteiger partial charge in [0.05, 0.1) is 5.69 Å². The number of piperazine rings is 1. The van der Waals surface area contributed by atoms with E-state index in [0.717, 1.165) is 49.2 Å². The number of hydrogen-bond donors (Lipinski definition) is 0. The topological polar surface area (TPSA) is 58.0 Å². The molecule has 1 aliphatic heterocycles. The Bertz CT molecular complexity index is 785. The molecule has 1 aliphatic rings. The van der Waals surface area contributed by atoms with E-state index < -0.39 is 0 Å². The van der Waals surface area contributed by atoms with Crippen LogP contribution in [-0.2, 0) is 0 Å². The molecule has 3 aromatic heterocycles. The Labute approximate surface area is 140 Å². The maximum Gasteiger partial charge on any atom is 0.225 e. The number of rotatable bonds is 3. The van der Waals surface area contributed by atoms with Crippen LogP contribution in [0.4, 0.5) is 11.8 Å². The van der Waals surface area contributed by atoms with E-state index in [-0.39, 0.29) is 0 Å². The molecular formula is C18H18N6. The molecule has 1 fully saturated rings. The van der Waals surface area contributed by atoms with E-state index in [4.69, 9.17) is 4.98 Å². The predicted octanol–water partition coefficient (Wildman–Crippen LogP) is 2.26. The van der Waals surface area contributed by atoms with E-state index >= 15 is 0 Å². The molecule has 24 heavy (non-hydrogen) atoms. The summed E-state index contributed by atoms with van der Waals surface area (Å²) in [5, 5.41) is 0. The average Bonchev–Trinajstić information content (AvgIpc) is 2.70. The number of aromatic nitrogens is 4. The van der Waals surface area contributed by atoms with E-state index in [1.165, 1.54) is 0 Å². The van der Waals surface area contributed by atoms with Gasteiger partial charge in [-0.15, -0.1) is 0 Å². The maximum absolute atomic E-state index is 4.72. The normalized spacial score (nSPS) is 14.7. The van der Waals surface area contributed by atoms with Crippen molar-refractivity contribution in [3.8, 4) is 11.3 Å². The summed E-state index contributed by atoms with van der Waals surface area (Å²) in [6, 6.07) is 11.9. The zero-order valence-electron chi connectivity index (χ0n) is 13.3. The minimum Gasteiger partial charge on any atom is -0.353 e. The molecule has 3 aromatic rings. The Morgan fingerprint density at radius 1 is 0.708 bits per heavy atom. The molecule has 0 aromatic carbocycles. The Morgan fingerprint density at radius 2 is 1.50 bits per heavy atom. The molecule has 0 radical (unpaired) electrons. The molecule has 120 valence electrons. The quantitative estimate of drug-likeness (QED) is 0.738. The largest absolute Gasteiger partial charge is 0.353 e. The molecule has 1 saturated heterocycles. The van der Waals surface area contributed by atoms with E-state index in [9.17, 15) is 0 Å². The highest BCUT2D eigenvalue weighted by atomic mass is 15.3. The molecule has 6 heteroatoms. The Morgan fingerprint density at radius 3 is 2.25 bits per heavy atom. The summed E-state index contributed by atoms with van der Waals surface area (Å²) in [6.45, 7) is 3.60. The molecule has 4 heterocycles. The van der Waals surface area contributed by atoms with Gasteiger partial charge >= 0.3 is 0 Å². The van der Waals surface area contributed by atoms with Crippen molar-refractivity contribution in [2.75, 3.05) is 36.0 Å². The smallest absolute Gasteiger partial charge is 0.225 e. The van der Waals surface area contributed by atoms with Crippen LogP contribution >= 0.6 is 0 Å². The van der Waals surface area contributed by atoms with Crippen LogP contribution in [0, 0.1) is 0 Å². The van der Waals surface area contributed by atoms with Gasteiger partial charge in [0.15, 0.2) is 0 Å². The van der Waals surface area contributed by atoms with Gasteiger partial charge in [0.1, 0.15) is 5.82 Å². The van der Waals surface area contributed by atoms with Gasteiger partial charge in [0.2, 0.25) is 5.95 Å². The summed E-state index contributed by atoms with van der Waals surface area (Å²) in [7, 11) is 0. The van der Waals surface area contributed by atoms with Crippen LogP contribution in [0.2, 0.25) is 0 Å². The van der Waals surface area contributed by atoms with Crippen molar-refractivity contribution in [1.29, 1.82) is 0 Å². The Hall–Kier alpha value is -3.02. The molecule has 0 aliphatic carbocycles. The van der Waals surface area contributed by atoms with Gasteiger partial charge in [-0.3, -0.25) is 4.98 Å². The minimum atomic E-state index is 0.782. The maximum atomic E-state index is 4.72. The van der Waals surface area contributed by atoms with Gasteiger partial charge in [0.25, 0.3) is 0 Å². The molecule has 4 rings (SSSR count).